The van der Waals surface area contributed by atoms with E-state index >= 15 is 0 Å². The fraction of sp³-hybridized carbons (Fsp3) is 0.176. The number of sulfonamides is 1. The highest BCUT2D eigenvalue weighted by molar-refractivity contribution is 7.90. The van der Waals surface area contributed by atoms with Crippen molar-refractivity contribution in [3.8, 4) is 11.5 Å². The molecule has 0 radical (unpaired) electrons. The first-order chi connectivity index (χ1) is 12.5. The number of oxime groups is 1. The molecule has 0 fully saturated rings. The number of nitrogens with one attached hydrogen (secondary N) is 1. The van der Waals surface area contributed by atoms with Crippen molar-refractivity contribution in [3.05, 3.63) is 54.1 Å². The van der Waals surface area contributed by atoms with Gasteiger partial charge in [-0.3, -0.25) is 4.79 Å². The molecule has 9 heteroatoms. The minimum atomic E-state index is -3.93. The number of hydrogen-bond acceptors (Lipinski definition) is 7. The van der Waals surface area contributed by atoms with E-state index < -0.39 is 22.5 Å². The maximum Gasteiger partial charge on any atom is 0.274 e. The van der Waals surface area contributed by atoms with Crippen LogP contribution in [0.3, 0.4) is 0 Å². The van der Waals surface area contributed by atoms with Gasteiger partial charge in [0.1, 0.15) is 0 Å². The van der Waals surface area contributed by atoms with E-state index in [1.165, 1.54) is 12.1 Å². The van der Waals surface area contributed by atoms with Crippen LogP contribution in [-0.2, 0) is 19.7 Å². The van der Waals surface area contributed by atoms with Crippen LogP contribution in [0.25, 0.3) is 0 Å². The number of fused-ring (bicyclic) bond motifs is 1. The molecule has 1 aliphatic heterocycles. The SMILES string of the molecule is C/C(=N\OCC(=O)NS(=O)(=O)c1ccccc1)c1ccc2c(c1)OCO2. The Hall–Kier alpha value is -3.07. The van der Waals surface area contributed by atoms with Crippen molar-refractivity contribution in [2.45, 2.75) is 11.8 Å². The van der Waals surface area contributed by atoms with E-state index in [4.69, 9.17) is 14.3 Å². The predicted molar refractivity (Wildman–Crippen MR) is 92.5 cm³/mol. The average molecular weight is 376 g/mol. The van der Waals surface area contributed by atoms with Crippen LogP contribution in [-0.4, -0.2) is 33.4 Å². The topological polar surface area (TPSA) is 103 Å². The molecule has 1 heterocycles. The normalized spacial score (nSPS) is 13.3. The van der Waals surface area contributed by atoms with Gasteiger partial charge in [0.15, 0.2) is 18.1 Å². The van der Waals surface area contributed by atoms with Crippen molar-refractivity contribution in [2.75, 3.05) is 13.4 Å². The number of benzene rings is 2. The van der Waals surface area contributed by atoms with E-state index in [-0.39, 0.29) is 11.7 Å². The van der Waals surface area contributed by atoms with Gasteiger partial charge in [0.25, 0.3) is 15.9 Å². The highest BCUT2D eigenvalue weighted by atomic mass is 32.2. The standard InChI is InChI=1S/C17H16N2O6S/c1-12(13-7-8-15-16(9-13)24-11-23-15)18-25-10-17(20)19-26(21,22)14-5-3-2-4-6-14/h2-9H,10-11H2,1H3,(H,19,20)/b18-12+. The van der Waals surface area contributed by atoms with E-state index in [1.807, 2.05) is 4.72 Å². The van der Waals surface area contributed by atoms with Gasteiger partial charge in [-0.05, 0) is 37.3 Å². The monoisotopic (exact) mass is 376 g/mol. The van der Waals surface area contributed by atoms with Gasteiger partial charge in [0, 0.05) is 5.56 Å². The smallest absolute Gasteiger partial charge is 0.274 e. The summed E-state index contributed by atoms with van der Waals surface area (Å²) < 4.78 is 36.5. The Morgan fingerprint density at radius 1 is 1.15 bits per heavy atom. The molecule has 0 saturated heterocycles. The predicted octanol–water partition coefficient (Wildman–Crippen LogP) is 1.66. The fourth-order valence-electron chi connectivity index (χ4n) is 2.20. The molecule has 26 heavy (non-hydrogen) atoms. The van der Waals surface area contributed by atoms with E-state index in [9.17, 15) is 13.2 Å². The number of amides is 1. The maximum atomic E-state index is 12.0. The van der Waals surface area contributed by atoms with E-state index in [0.717, 1.165) is 5.56 Å². The number of ether oxygens (including phenoxy) is 2. The average Bonchev–Trinajstić information content (AvgIpc) is 3.09. The minimum absolute atomic E-state index is 0.00612. The number of carbonyl (C=O) groups excluding carboxylic acids is 1. The van der Waals surface area contributed by atoms with Crippen LogP contribution in [0, 0.1) is 0 Å². The second-order valence-corrected chi connectivity index (χ2v) is 7.04. The van der Waals surface area contributed by atoms with Crippen LogP contribution < -0.4 is 14.2 Å². The van der Waals surface area contributed by atoms with Crippen molar-refractivity contribution < 1.29 is 27.5 Å². The quantitative estimate of drug-likeness (QED) is 0.607. The summed E-state index contributed by atoms with van der Waals surface area (Å²) in [6, 6.07) is 12.8. The van der Waals surface area contributed by atoms with Gasteiger partial charge in [0.05, 0.1) is 10.6 Å². The summed E-state index contributed by atoms with van der Waals surface area (Å²) in [6.07, 6.45) is 0. The number of carbonyl (C=O) groups is 1. The van der Waals surface area contributed by atoms with Crippen LogP contribution >= 0.6 is 0 Å². The fourth-order valence-corrected chi connectivity index (χ4v) is 3.19. The zero-order valence-electron chi connectivity index (χ0n) is 13.8. The molecule has 0 aromatic heterocycles. The minimum Gasteiger partial charge on any atom is -0.454 e. The molecule has 0 unspecified atom stereocenters. The lowest BCUT2D eigenvalue weighted by atomic mass is 10.1. The van der Waals surface area contributed by atoms with Crippen molar-refractivity contribution in [2.24, 2.45) is 5.16 Å². The van der Waals surface area contributed by atoms with Crippen molar-refractivity contribution in [3.63, 3.8) is 0 Å². The van der Waals surface area contributed by atoms with Gasteiger partial charge in [-0.1, -0.05) is 23.4 Å². The number of rotatable bonds is 6. The maximum absolute atomic E-state index is 12.0. The first-order valence-corrected chi connectivity index (χ1v) is 9.11. The summed E-state index contributed by atoms with van der Waals surface area (Å²) in [5.74, 6) is 0.424. The Morgan fingerprint density at radius 2 is 1.88 bits per heavy atom. The van der Waals surface area contributed by atoms with E-state index in [2.05, 4.69) is 5.16 Å². The summed E-state index contributed by atoms with van der Waals surface area (Å²) in [5, 5.41) is 3.83. The molecular formula is C17H16N2O6S. The molecule has 0 saturated carbocycles. The molecule has 3 rings (SSSR count). The van der Waals surface area contributed by atoms with Crippen LogP contribution in [0.4, 0.5) is 0 Å². The zero-order chi connectivity index (χ0) is 18.6. The van der Waals surface area contributed by atoms with Crippen molar-refractivity contribution in [1.82, 2.24) is 4.72 Å². The number of nitrogens with zero attached hydrogens (tertiary/aromatic N) is 1. The lowest BCUT2D eigenvalue weighted by molar-refractivity contribution is -0.123. The molecule has 136 valence electrons. The molecule has 2 aromatic rings. The molecule has 2 aromatic carbocycles. The second kappa shape index (κ2) is 7.44. The first kappa shape index (κ1) is 17.7. The molecule has 1 amide bonds. The zero-order valence-corrected chi connectivity index (χ0v) is 14.7. The van der Waals surface area contributed by atoms with Crippen LogP contribution in [0.15, 0.2) is 58.6 Å². The third-order valence-corrected chi connectivity index (χ3v) is 4.88. The Morgan fingerprint density at radius 3 is 2.65 bits per heavy atom. The Kier molecular flexibility index (Phi) is 5.08. The van der Waals surface area contributed by atoms with Gasteiger partial charge in [-0.15, -0.1) is 0 Å². The first-order valence-electron chi connectivity index (χ1n) is 7.63. The summed E-state index contributed by atoms with van der Waals surface area (Å²) in [5.41, 5.74) is 1.23. The largest absolute Gasteiger partial charge is 0.454 e. The third-order valence-electron chi connectivity index (χ3n) is 3.49. The van der Waals surface area contributed by atoms with Crippen molar-refractivity contribution >= 4 is 21.6 Å². The van der Waals surface area contributed by atoms with Crippen LogP contribution in [0.1, 0.15) is 12.5 Å². The van der Waals surface area contributed by atoms with E-state index in [1.54, 1.807) is 43.3 Å². The lowest BCUT2D eigenvalue weighted by Gasteiger charge is -2.06. The summed E-state index contributed by atoms with van der Waals surface area (Å²) in [6.45, 7) is 1.33. The van der Waals surface area contributed by atoms with Crippen LogP contribution in [0.2, 0.25) is 0 Å². The molecule has 1 N–H and O–H groups in total. The van der Waals surface area contributed by atoms with E-state index in [0.29, 0.717) is 17.2 Å². The molecule has 8 nitrogen and oxygen atoms in total. The highest BCUT2D eigenvalue weighted by Gasteiger charge is 2.17. The van der Waals surface area contributed by atoms with Gasteiger partial charge >= 0.3 is 0 Å². The van der Waals surface area contributed by atoms with Gasteiger partial charge in [-0.25, -0.2) is 13.1 Å². The summed E-state index contributed by atoms with van der Waals surface area (Å²) >= 11 is 0. The molecule has 0 bridgehead atoms. The summed E-state index contributed by atoms with van der Waals surface area (Å²) in [4.78, 5) is 16.7. The Labute approximate surface area is 150 Å². The van der Waals surface area contributed by atoms with Gasteiger partial charge in [-0.2, -0.15) is 0 Å². The van der Waals surface area contributed by atoms with Gasteiger partial charge in [0.2, 0.25) is 6.79 Å². The van der Waals surface area contributed by atoms with Crippen molar-refractivity contribution in [1.29, 1.82) is 0 Å². The highest BCUT2D eigenvalue weighted by Crippen LogP contribution is 2.32. The Bertz CT molecular complexity index is 941. The summed E-state index contributed by atoms with van der Waals surface area (Å²) in [7, 11) is -3.93. The molecule has 0 aliphatic carbocycles. The van der Waals surface area contributed by atoms with Crippen LogP contribution in [0.5, 0.6) is 11.5 Å². The third kappa shape index (κ3) is 4.12. The molecular weight excluding hydrogens is 360 g/mol. The molecule has 0 atom stereocenters. The second-order valence-electron chi connectivity index (χ2n) is 5.36. The van der Waals surface area contributed by atoms with Gasteiger partial charge < -0.3 is 14.3 Å². The molecule has 0 spiro atoms. The lowest BCUT2D eigenvalue weighted by Crippen LogP contribution is -2.33. The molecule has 1 aliphatic rings. The Balaban J connectivity index is 1.57. The number of hydrogen-bond donors (Lipinski definition) is 1.